The van der Waals surface area contributed by atoms with Gasteiger partial charge in [0.25, 0.3) is 5.91 Å². The third-order valence-electron chi connectivity index (χ3n) is 2.85. The minimum atomic E-state index is -0.805. The maximum atomic E-state index is 13.6. The SMILES string of the molecule is CCC=CC=CC(CC)c1ccnc(F)c1C(N)=O. The van der Waals surface area contributed by atoms with Crippen molar-refractivity contribution in [2.45, 2.75) is 32.6 Å². The largest absolute Gasteiger partial charge is 0.365 e. The van der Waals surface area contributed by atoms with E-state index in [2.05, 4.69) is 4.98 Å². The summed E-state index contributed by atoms with van der Waals surface area (Å²) in [6, 6.07) is 1.64. The van der Waals surface area contributed by atoms with Crippen molar-refractivity contribution in [3.05, 3.63) is 53.6 Å². The second kappa shape index (κ2) is 7.46. The number of nitrogens with two attached hydrogens (primary N) is 1. The number of hydrogen-bond acceptors (Lipinski definition) is 2. The molecular formula is C15H19FN2O. The molecular weight excluding hydrogens is 243 g/mol. The molecule has 1 aromatic heterocycles. The van der Waals surface area contributed by atoms with Crippen molar-refractivity contribution in [1.82, 2.24) is 4.98 Å². The van der Waals surface area contributed by atoms with Crippen LogP contribution in [0.15, 0.2) is 36.6 Å². The van der Waals surface area contributed by atoms with Gasteiger partial charge in [0.1, 0.15) is 0 Å². The van der Waals surface area contributed by atoms with Crippen molar-refractivity contribution < 1.29 is 9.18 Å². The normalized spacial score (nSPS) is 13.2. The van der Waals surface area contributed by atoms with E-state index in [1.54, 1.807) is 6.07 Å². The number of nitrogens with zero attached hydrogens (tertiary/aromatic N) is 1. The van der Waals surface area contributed by atoms with Gasteiger partial charge >= 0.3 is 0 Å². The third kappa shape index (κ3) is 4.02. The Morgan fingerprint density at radius 2 is 2.21 bits per heavy atom. The van der Waals surface area contributed by atoms with E-state index in [1.807, 2.05) is 38.2 Å². The molecule has 0 aromatic carbocycles. The standard InChI is InChI=1S/C15H19FN2O/c1-3-5-6-7-8-11(4-2)12-9-10-18-14(16)13(12)15(17)19/h5-11H,3-4H2,1-2H3,(H2,17,19). The van der Waals surface area contributed by atoms with Crippen LogP contribution in [-0.4, -0.2) is 10.9 Å². The van der Waals surface area contributed by atoms with Gasteiger partial charge in [-0.3, -0.25) is 4.79 Å². The number of rotatable bonds is 6. The maximum Gasteiger partial charge on any atom is 0.253 e. The fourth-order valence-electron chi connectivity index (χ4n) is 1.88. The minimum absolute atomic E-state index is 0.0542. The number of hydrogen-bond donors (Lipinski definition) is 1. The van der Waals surface area contributed by atoms with E-state index >= 15 is 0 Å². The Morgan fingerprint density at radius 1 is 1.47 bits per heavy atom. The number of amides is 1. The average Bonchev–Trinajstić information content (AvgIpc) is 2.38. The molecule has 1 unspecified atom stereocenters. The Hall–Kier alpha value is -1.97. The molecule has 0 aliphatic heterocycles. The molecule has 0 saturated heterocycles. The first-order valence-corrected chi connectivity index (χ1v) is 6.39. The average molecular weight is 262 g/mol. The van der Waals surface area contributed by atoms with Gasteiger partial charge in [-0.15, -0.1) is 0 Å². The van der Waals surface area contributed by atoms with Gasteiger partial charge in [-0.05, 0) is 24.5 Å². The summed E-state index contributed by atoms with van der Waals surface area (Å²) >= 11 is 0. The Labute approximate surface area is 113 Å². The lowest BCUT2D eigenvalue weighted by Gasteiger charge is -2.13. The van der Waals surface area contributed by atoms with E-state index in [1.165, 1.54) is 6.20 Å². The van der Waals surface area contributed by atoms with Crippen LogP contribution in [0.2, 0.25) is 0 Å². The second-order valence-corrected chi connectivity index (χ2v) is 4.17. The van der Waals surface area contributed by atoms with Crippen molar-refractivity contribution in [1.29, 1.82) is 0 Å². The van der Waals surface area contributed by atoms with Gasteiger partial charge in [0.2, 0.25) is 5.95 Å². The fourth-order valence-corrected chi connectivity index (χ4v) is 1.88. The molecule has 1 amide bonds. The van der Waals surface area contributed by atoms with Gasteiger partial charge in [0.05, 0.1) is 5.56 Å². The summed E-state index contributed by atoms with van der Waals surface area (Å²) in [4.78, 5) is 14.8. The zero-order valence-corrected chi connectivity index (χ0v) is 11.3. The van der Waals surface area contributed by atoms with Crippen LogP contribution in [-0.2, 0) is 0 Å². The van der Waals surface area contributed by atoms with Gasteiger partial charge in [-0.1, -0.05) is 38.2 Å². The molecule has 2 N–H and O–H groups in total. The van der Waals surface area contributed by atoms with Crippen LogP contribution < -0.4 is 5.73 Å². The highest BCUT2D eigenvalue weighted by Crippen LogP contribution is 2.25. The number of carbonyl (C=O) groups excluding carboxylic acids is 1. The lowest BCUT2D eigenvalue weighted by atomic mass is 9.92. The summed E-state index contributed by atoms with van der Waals surface area (Å²) in [5.41, 5.74) is 5.70. The number of aromatic nitrogens is 1. The number of pyridine rings is 1. The highest BCUT2D eigenvalue weighted by atomic mass is 19.1. The molecule has 0 spiro atoms. The summed E-state index contributed by atoms with van der Waals surface area (Å²) in [5, 5.41) is 0. The zero-order valence-electron chi connectivity index (χ0n) is 11.3. The van der Waals surface area contributed by atoms with Crippen LogP contribution in [0.3, 0.4) is 0 Å². The molecule has 1 atom stereocenters. The first-order valence-electron chi connectivity index (χ1n) is 6.39. The molecule has 102 valence electrons. The summed E-state index contributed by atoms with van der Waals surface area (Å²) in [7, 11) is 0. The van der Waals surface area contributed by atoms with Crippen LogP contribution >= 0.6 is 0 Å². The van der Waals surface area contributed by atoms with Crippen molar-refractivity contribution in [3.8, 4) is 0 Å². The van der Waals surface area contributed by atoms with Crippen molar-refractivity contribution in [2.24, 2.45) is 5.73 Å². The maximum absolute atomic E-state index is 13.6. The molecule has 0 fully saturated rings. The van der Waals surface area contributed by atoms with Crippen LogP contribution in [0.25, 0.3) is 0 Å². The molecule has 1 aromatic rings. The molecule has 0 aliphatic carbocycles. The Balaban J connectivity index is 3.11. The van der Waals surface area contributed by atoms with Gasteiger partial charge in [0.15, 0.2) is 0 Å². The Kier molecular flexibility index (Phi) is 5.93. The molecule has 1 heterocycles. The van der Waals surface area contributed by atoms with Crippen LogP contribution in [0.1, 0.15) is 48.5 Å². The van der Waals surface area contributed by atoms with Gasteiger partial charge < -0.3 is 5.73 Å². The number of primary amides is 1. The number of carbonyl (C=O) groups is 1. The fraction of sp³-hybridized carbons (Fsp3) is 0.333. The lowest BCUT2D eigenvalue weighted by molar-refractivity contribution is 0.0994. The van der Waals surface area contributed by atoms with E-state index in [0.29, 0.717) is 5.56 Å². The van der Waals surface area contributed by atoms with E-state index in [-0.39, 0.29) is 11.5 Å². The quantitative estimate of drug-likeness (QED) is 0.631. The van der Waals surface area contributed by atoms with Crippen molar-refractivity contribution in [3.63, 3.8) is 0 Å². The number of halogens is 1. The zero-order chi connectivity index (χ0) is 14.3. The van der Waals surface area contributed by atoms with Crippen LogP contribution in [0, 0.1) is 5.95 Å². The Bertz CT molecular complexity index is 495. The topological polar surface area (TPSA) is 56.0 Å². The number of allylic oxidation sites excluding steroid dienone is 4. The van der Waals surface area contributed by atoms with E-state index < -0.39 is 11.9 Å². The molecule has 0 saturated carbocycles. The molecule has 19 heavy (non-hydrogen) atoms. The van der Waals surface area contributed by atoms with Gasteiger partial charge in [-0.2, -0.15) is 4.39 Å². The van der Waals surface area contributed by atoms with Gasteiger partial charge in [-0.25, -0.2) is 4.98 Å². The summed E-state index contributed by atoms with van der Waals surface area (Å²) < 4.78 is 13.6. The summed E-state index contributed by atoms with van der Waals surface area (Å²) in [6.45, 7) is 4.02. The molecule has 0 radical (unpaired) electrons. The predicted molar refractivity (Wildman–Crippen MR) is 74.3 cm³/mol. The highest BCUT2D eigenvalue weighted by molar-refractivity contribution is 5.94. The smallest absolute Gasteiger partial charge is 0.253 e. The molecule has 0 bridgehead atoms. The molecule has 3 nitrogen and oxygen atoms in total. The van der Waals surface area contributed by atoms with Crippen LogP contribution in [0.5, 0.6) is 0 Å². The molecule has 4 heteroatoms. The lowest BCUT2D eigenvalue weighted by Crippen LogP contribution is -2.18. The minimum Gasteiger partial charge on any atom is -0.365 e. The van der Waals surface area contributed by atoms with E-state index in [0.717, 1.165) is 12.8 Å². The summed E-state index contributed by atoms with van der Waals surface area (Å²) in [5.74, 6) is -1.64. The Morgan fingerprint density at radius 3 is 2.79 bits per heavy atom. The van der Waals surface area contributed by atoms with E-state index in [4.69, 9.17) is 5.73 Å². The molecule has 0 aliphatic rings. The van der Waals surface area contributed by atoms with E-state index in [9.17, 15) is 9.18 Å². The highest BCUT2D eigenvalue weighted by Gasteiger charge is 2.19. The summed E-state index contributed by atoms with van der Waals surface area (Å²) in [6.07, 6.45) is 10.9. The second-order valence-electron chi connectivity index (χ2n) is 4.17. The first kappa shape index (κ1) is 15.1. The van der Waals surface area contributed by atoms with Crippen molar-refractivity contribution >= 4 is 5.91 Å². The van der Waals surface area contributed by atoms with Gasteiger partial charge in [0, 0.05) is 12.1 Å². The molecule has 1 rings (SSSR count). The first-order chi connectivity index (χ1) is 9.11. The third-order valence-corrected chi connectivity index (χ3v) is 2.85. The monoisotopic (exact) mass is 262 g/mol. The van der Waals surface area contributed by atoms with Crippen molar-refractivity contribution in [2.75, 3.05) is 0 Å². The van der Waals surface area contributed by atoms with Crippen LogP contribution in [0.4, 0.5) is 4.39 Å². The predicted octanol–water partition coefficient (Wildman–Crippen LogP) is 3.34.